The van der Waals surface area contributed by atoms with Crippen molar-refractivity contribution >= 4 is 11.4 Å². The van der Waals surface area contributed by atoms with Crippen LogP contribution in [-0.2, 0) is 27.3 Å². The van der Waals surface area contributed by atoms with E-state index in [-0.39, 0.29) is 38.2 Å². The maximum Gasteiger partial charge on any atom is 2.00 e. The standard InChI is InChI=1S/C26H30N4.Ni/c1-23(2)13-19-25(5,6)17-12-10-16(28-17)22-24(3,4)14-20(30-22)26(7,8)18-11-9-15(27-18)21(23)29-19;/h9-14H,1-8H3;/q-2;+2. The Morgan fingerprint density at radius 3 is 1.29 bits per heavy atom. The summed E-state index contributed by atoms with van der Waals surface area (Å²) in [7, 11) is 0. The zero-order valence-electron chi connectivity index (χ0n) is 19.6. The van der Waals surface area contributed by atoms with E-state index in [1.807, 2.05) is 0 Å². The van der Waals surface area contributed by atoms with Crippen molar-refractivity contribution in [2.75, 3.05) is 0 Å². The molecule has 0 radical (unpaired) electrons. The van der Waals surface area contributed by atoms with Crippen molar-refractivity contribution in [3.63, 3.8) is 0 Å². The van der Waals surface area contributed by atoms with Gasteiger partial charge in [0.1, 0.15) is 0 Å². The van der Waals surface area contributed by atoms with Crippen LogP contribution in [0.3, 0.4) is 0 Å². The summed E-state index contributed by atoms with van der Waals surface area (Å²) in [4.78, 5) is 20.4. The predicted molar refractivity (Wildman–Crippen MR) is 122 cm³/mol. The van der Waals surface area contributed by atoms with Gasteiger partial charge >= 0.3 is 16.5 Å². The van der Waals surface area contributed by atoms with Crippen LogP contribution in [0.15, 0.2) is 57.8 Å². The van der Waals surface area contributed by atoms with E-state index in [1.54, 1.807) is 0 Å². The van der Waals surface area contributed by atoms with Gasteiger partial charge in [0.25, 0.3) is 0 Å². The Balaban J connectivity index is 0.00000231. The van der Waals surface area contributed by atoms with Gasteiger partial charge in [-0.15, -0.1) is 22.8 Å². The molecule has 3 aliphatic rings. The largest absolute Gasteiger partial charge is 2.00 e. The van der Waals surface area contributed by atoms with Gasteiger partial charge in [0, 0.05) is 44.5 Å². The predicted octanol–water partition coefficient (Wildman–Crippen LogP) is 5.29. The first-order chi connectivity index (χ1) is 13.8. The number of hydrogen-bond donors (Lipinski definition) is 0. The molecule has 0 fully saturated rings. The van der Waals surface area contributed by atoms with E-state index < -0.39 is 0 Å². The molecule has 0 aliphatic carbocycles. The van der Waals surface area contributed by atoms with Crippen molar-refractivity contribution in [2.24, 2.45) is 20.8 Å². The second-order valence-electron chi connectivity index (χ2n) is 11.1. The Labute approximate surface area is 195 Å². The topological polar surface area (TPSA) is 52.9 Å². The molecule has 0 saturated carbocycles. The Morgan fingerprint density at radius 1 is 0.581 bits per heavy atom. The number of allylic oxidation sites excluding steroid dienone is 4. The molecule has 0 spiro atoms. The third-order valence-corrected chi connectivity index (χ3v) is 7.01. The minimum absolute atomic E-state index is 0. The average Bonchev–Trinajstić information content (AvgIpc) is 3.37. The van der Waals surface area contributed by atoms with Crippen LogP contribution in [0.1, 0.15) is 78.2 Å². The first kappa shape index (κ1) is 22.1. The van der Waals surface area contributed by atoms with Crippen LogP contribution in [-0.4, -0.2) is 11.4 Å². The number of aromatic nitrogens is 2. The van der Waals surface area contributed by atoms with E-state index in [2.05, 4.69) is 91.8 Å². The maximum atomic E-state index is 5.12. The van der Waals surface area contributed by atoms with E-state index in [0.29, 0.717) is 0 Å². The Bertz CT molecular complexity index is 1100. The first-order valence-electron chi connectivity index (χ1n) is 10.8. The molecule has 3 aliphatic heterocycles. The molecule has 0 atom stereocenters. The summed E-state index contributed by atoms with van der Waals surface area (Å²) in [5.74, 6) is 0. The molecule has 2 aromatic heterocycles. The van der Waals surface area contributed by atoms with Crippen molar-refractivity contribution in [1.29, 1.82) is 0 Å². The molecule has 0 aromatic carbocycles. The van der Waals surface area contributed by atoms with Crippen LogP contribution in [0, 0.1) is 10.8 Å². The van der Waals surface area contributed by atoms with Gasteiger partial charge in [0.15, 0.2) is 0 Å². The van der Waals surface area contributed by atoms with Gasteiger partial charge in [0.2, 0.25) is 0 Å². The van der Waals surface area contributed by atoms with Gasteiger partial charge in [-0.25, -0.2) is 0 Å². The van der Waals surface area contributed by atoms with Crippen LogP contribution in [0.25, 0.3) is 0 Å². The first-order valence-corrected chi connectivity index (χ1v) is 10.8. The molecule has 4 nitrogen and oxygen atoms in total. The van der Waals surface area contributed by atoms with E-state index in [9.17, 15) is 0 Å². The quantitative estimate of drug-likeness (QED) is 0.505. The van der Waals surface area contributed by atoms with Crippen LogP contribution in [0.2, 0.25) is 0 Å². The summed E-state index contributed by atoms with van der Waals surface area (Å²) in [6.07, 6.45) is 4.57. The van der Waals surface area contributed by atoms with Gasteiger partial charge in [-0.1, -0.05) is 91.8 Å². The number of hydrogen-bond acceptors (Lipinski definition) is 2. The maximum absolute atomic E-state index is 5.12. The molecular weight excluding hydrogens is 427 g/mol. The second-order valence-corrected chi connectivity index (χ2v) is 11.1. The number of fused-ring (bicyclic) bond motifs is 8. The molecule has 2 aromatic rings. The Kier molecular flexibility index (Phi) is 4.59. The molecule has 0 unspecified atom stereocenters. The van der Waals surface area contributed by atoms with E-state index >= 15 is 0 Å². The van der Waals surface area contributed by atoms with Gasteiger partial charge in [-0.2, -0.15) is 0 Å². The second kappa shape index (κ2) is 6.45. The van der Waals surface area contributed by atoms with Crippen molar-refractivity contribution in [3.8, 4) is 0 Å². The normalized spacial score (nSPS) is 23.7. The zero-order valence-corrected chi connectivity index (χ0v) is 20.6. The Morgan fingerprint density at radius 2 is 0.935 bits per heavy atom. The fraction of sp³-hybridized carbons (Fsp3) is 0.462. The fourth-order valence-corrected chi connectivity index (χ4v) is 4.78. The van der Waals surface area contributed by atoms with Crippen LogP contribution in [0.5, 0.6) is 0 Å². The average molecular weight is 457 g/mol. The van der Waals surface area contributed by atoms with Crippen molar-refractivity contribution in [2.45, 2.75) is 66.2 Å². The molecule has 164 valence electrons. The molecular formula is C26H30N4Ni. The third kappa shape index (κ3) is 3.08. The Hall–Kier alpha value is -2.13. The SMILES string of the molecule is CC1(C)C=C2N=C1c1ccc([n-]1)C(C)(C)C1=CC(C)(C)C(=N1)c1ccc([n-]1)C2(C)C.[Ni+2]. The monoisotopic (exact) mass is 456 g/mol. The minimum Gasteiger partial charge on any atom is -0.659 e. The number of rotatable bonds is 0. The van der Waals surface area contributed by atoms with Gasteiger partial charge in [-0.05, 0) is 0 Å². The third-order valence-electron chi connectivity index (χ3n) is 7.01. The molecule has 5 rings (SSSR count). The molecule has 0 amide bonds. The smallest absolute Gasteiger partial charge is 0.659 e. The molecule has 31 heavy (non-hydrogen) atoms. The van der Waals surface area contributed by atoms with E-state index in [0.717, 1.165) is 45.6 Å². The molecule has 0 saturated heterocycles. The molecule has 5 heteroatoms. The molecule has 0 N–H and O–H groups in total. The zero-order chi connectivity index (χ0) is 21.7. The van der Waals surface area contributed by atoms with Crippen LogP contribution < -0.4 is 9.97 Å². The number of nitrogens with zero attached hydrogens (tertiary/aromatic N) is 4. The summed E-state index contributed by atoms with van der Waals surface area (Å²) in [5.41, 5.74) is 7.20. The van der Waals surface area contributed by atoms with Gasteiger partial charge in [0.05, 0.1) is 0 Å². The summed E-state index contributed by atoms with van der Waals surface area (Å²) in [6.45, 7) is 17.7. The fourth-order valence-electron chi connectivity index (χ4n) is 4.78. The van der Waals surface area contributed by atoms with Crippen LogP contribution >= 0.6 is 0 Å². The van der Waals surface area contributed by atoms with E-state index in [4.69, 9.17) is 20.0 Å². The summed E-state index contributed by atoms with van der Waals surface area (Å²) in [6, 6.07) is 8.50. The van der Waals surface area contributed by atoms with E-state index in [1.165, 1.54) is 0 Å². The molecule has 8 bridgehead atoms. The van der Waals surface area contributed by atoms with Crippen molar-refractivity contribution in [3.05, 3.63) is 70.6 Å². The van der Waals surface area contributed by atoms with Gasteiger partial charge < -0.3 is 9.97 Å². The number of aliphatic imine (C=N–C) groups is 2. The summed E-state index contributed by atoms with van der Waals surface area (Å²) < 4.78 is 0. The molecule has 5 heterocycles. The summed E-state index contributed by atoms with van der Waals surface area (Å²) >= 11 is 0. The minimum atomic E-state index is -0.296. The van der Waals surface area contributed by atoms with Gasteiger partial charge in [-0.3, -0.25) is 9.98 Å². The van der Waals surface area contributed by atoms with Crippen molar-refractivity contribution in [1.82, 2.24) is 9.97 Å². The van der Waals surface area contributed by atoms with Crippen LogP contribution in [0.4, 0.5) is 0 Å². The summed E-state index contributed by atoms with van der Waals surface area (Å²) in [5, 5.41) is 0. The van der Waals surface area contributed by atoms with Crippen molar-refractivity contribution < 1.29 is 16.5 Å².